The molecule has 3 aromatic carbocycles. The molecule has 2 heterocycles. The molecular weight excluding hydrogens is 422 g/mol. The van der Waals surface area contributed by atoms with Crippen molar-refractivity contribution < 1.29 is 9.21 Å². The van der Waals surface area contributed by atoms with Gasteiger partial charge in [0.1, 0.15) is 5.52 Å². The smallest absolute Gasteiger partial charge is 0.252 e. The molecule has 1 amide bonds. The van der Waals surface area contributed by atoms with Gasteiger partial charge in [-0.25, -0.2) is 4.98 Å². The van der Waals surface area contributed by atoms with Crippen LogP contribution in [0.5, 0.6) is 0 Å². The van der Waals surface area contributed by atoms with Gasteiger partial charge in [-0.15, -0.1) is 0 Å². The molecule has 5 heteroatoms. The van der Waals surface area contributed by atoms with Gasteiger partial charge in [0.05, 0.1) is 11.7 Å². The zero-order chi connectivity index (χ0) is 22.6. The predicted octanol–water partition coefficient (Wildman–Crippen LogP) is 5.96. The minimum atomic E-state index is -0.266. The summed E-state index contributed by atoms with van der Waals surface area (Å²) in [5, 5.41) is 3.29. The number of para-hydroxylation sites is 2. The number of fused-ring (bicyclic) bond motifs is 5. The Kier molecular flexibility index (Phi) is 4.05. The number of nitrogens with zero attached hydrogens (tertiary/aromatic N) is 2. The molecule has 5 aromatic rings. The zero-order valence-electron chi connectivity index (χ0n) is 18.2. The molecule has 2 aliphatic carbocycles. The number of oxazole rings is 1. The Morgan fingerprint density at radius 1 is 0.912 bits per heavy atom. The molecule has 2 aliphatic rings. The van der Waals surface area contributed by atoms with Gasteiger partial charge in [0, 0.05) is 34.9 Å². The molecule has 0 aliphatic heterocycles. The van der Waals surface area contributed by atoms with E-state index >= 15 is 0 Å². The molecule has 162 valence electrons. The fourth-order valence-electron chi connectivity index (χ4n) is 5.14. The maximum atomic E-state index is 13.4. The van der Waals surface area contributed by atoms with Gasteiger partial charge in [-0.2, -0.15) is 0 Å². The molecule has 7 rings (SSSR count). The summed E-state index contributed by atoms with van der Waals surface area (Å²) in [6.07, 6.45) is 6.50. The van der Waals surface area contributed by atoms with E-state index in [9.17, 15) is 4.79 Å². The van der Waals surface area contributed by atoms with Crippen molar-refractivity contribution in [1.29, 1.82) is 0 Å². The monoisotopic (exact) mass is 441 g/mol. The quantitative estimate of drug-likeness (QED) is 0.375. The topological polar surface area (TPSA) is 68.0 Å². The number of hydrogen-bond donors (Lipinski definition) is 1. The molecule has 0 radical (unpaired) electrons. The van der Waals surface area contributed by atoms with Gasteiger partial charge in [0.25, 0.3) is 5.91 Å². The molecule has 34 heavy (non-hydrogen) atoms. The number of allylic oxidation sites excluding steroid dienone is 1. The minimum absolute atomic E-state index is 0.106. The molecule has 1 N–H and O–H groups in total. The summed E-state index contributed by atoms with van der Waals surface area (Å²) in [4.78, 5) is 22.6. The third kappa shape index (κ3) is 2.77. The number of pyridine rings is 1. The van der Waals surface area contributed by atoms with Gasteiger partial charge in [0.15, 0.2) is 5.58 Å². The van der Waals surface area contributed by atoms with Crippen molar-refractivity contribution in [1.82, 2.24) is 15.3 Å². The molecule has 1 unspecified atom stereocenters. The average molecular weight is 441 g/mol. The second kappa shape index (κ2) is 7.25. The number of carbonyl (C=O) groups is 1. The van der Waals surface area contributed by atoms with Crippen LogP contribution in [-0.4, -0.2) is 15.9 Å². The first-order chi connectivity index (χ1) is 16.8. The van der Waals surface area contributed by atoms with Crippen LogP contribution in [0.25, 0.3) is 39.8 Å². The van der Waals surface area contributed by atoms with Crippen LogP contribution in [0, 0.1) is 0 Å². The number of rotatable bonds is 3. The van der Waals surface area contributed by atoms with E-state index in [0.717, 1.165) is 56.6 Å². The summed E-state index contributed by atoms with van der Waals surface area (Å²) < 4.78 is 6.12. The average Bonchev–Trinajstić information content (AvgIpc) is 3.60. The molecule has 5 nitrogen and oxygen atoms in total. The summed E-state index contributed by atoms with van der Waals surface area (Å²) in [6.45, 7) is 0. The van der Waals surface area contributed by atoms with Gasteiger partial charge in [-0.1, -0.05) is 60.7 Å². The highest BCUT2D eigenvalue weighted by Gasteiger charge is 2.33. The number of nitrogens with one attached hydrogen (secondary N) is 1. The van der Waals surface area contributed by atoms with E-state index in [-0.39, 0.29) is 11.9 Å². The minimum Gasteiger partial charge on any atom is -0.436 e. The highest BCUT2D eigenvalue weighted by Crippen LogP contribution is 2.48. The van der Waals surface area contributed by atoms with Crippen molar-refractivity contribution in [3.05, 3.63) is 113 Å². The third-order valence-electron chi connectivity index (χ3n) is 6.66. The summed E-state index contributed by atoms with van der Waals surface area (Å²) in [5.74, 6) is 0.474. The Morgan fingerprint density at radius 3 is 2.68 bits per heavy atom. The maximum Gasteiger partial charge on any atom is 0.252 e. The number of amides is 1. The summed E-state index contributed by atoms with van der Waals surface area (Å²) in [6, 6.07) is 23.6. The number of aromatic nitrogens is 2. The highest BCUT2D eigenvalue weighted by atomic mass is 16.3. The molecule has 0 fully saturated rings. The largest absolute Gasteiger partial charge is 0.436 e. The fourth-order valence-corrected chi connectivity index (χ4v) is 5.14. The van der Waals surface area contributed by atoms with Crippen LogP contribution >= 0.6 is 0 Å². The number of benzene rings is 3. The van der Waals surface area contributed by atoms with E-state index in [1.165, 1.54) is 0 Å². The van der Waals surface area contributed by atoms with Crippen LogP contribution in [0.4, 0.5) is 0 Å². The van der Waals surface area contributed by atoms with Crippen molar-refractivity contribution >= 4 is 23.1 Å². The van der Waals surface area contributed by atoms with E-state index in [2.05, 4.69) is 28.5 Å². The molecule has 0 bridgehead atoms. The number of carbonyl (C=O) groups excluding carboxylic acids is 1. The third-order valence-corrected chi connectivity index (χ3v) is 6.66. The summed E-state index contributed by atoms with van der Waals surface area (Å²) >= 11 is 0. The standard InChI is InChI=1S/C29H19N3O2/c33-28(20-15-16-30-23-13-6-9-17(20)23)32-27-19-8-2-1-7-18(19)26-21(27)10-5-11-22(26)29-31-24-12-3-4-14-25(24)34-29/h1-12,14-16,27H,13H2,(H,32,33). The van der Waals surface area contributed by atoms with Crippen LogP contribution in [0.15, 0.2) is 89.5 Å². The first-order valence-electron chi connectivity index (χ1n) is 11.3. The molecule has 0 spiro atoms. The lowest BCUT2D eigenvalue weighted by atomic mass is 9.99. The Balaban J connectivity index is 1.35. The van der Waals surface area contributed by atoms with E-state index < -0.39 is 0 Å². The lowest BCUT2D eigenvalue weighted by Gasteiger charge is -2.17. The zero-order valence-corrected chi connectivity index (χ0v) is 18.2. The van der Waals surface area contributed by atoms with Gasteiger partial charge >= 0.3 is 0 Å². The molecule has 0 saturated carbocycles. The first-order valence-corrected chi connectivity index (χ1v) is 11.3. The van der Waals surface area contributed by atoms with Gasteiger partial charge in [-0.3, -0.25) is 9.78 Å². The van der Waals surface area contributed by atoms with E-state index in [0.29, 0.717) is 11.5 Å². The van der Waals surface area contributed by atoms with Crippen molar-refractivity contribution in [3.8, 4) is 22.6 Å². The second-order valence-corrected chi connectivity index (χ2v) is 8.58. The Morgan fingerprint density at radius 2 is 1.74 bits per heavy atom. The van der Waals surface area contributed by atoms with Gasteiger partial charge in [-0.05, 0) is 41.0 Å². The maximum absolute atomic E-state index is 13.4. The number of hydrogen-bond acceptors (Lipinski definition) is 4. The lowest BCUT2D eigenvalue weighted by molar-refractivity contribution is 0.0943. The summed E-state index contributed by atoms with van der Waals surface area (Å²) in [5.41, 5.74) is 9.24. The molecule has 2 aromatic heterocycles. The molecule has 1 atom stereocenters. The molecule has 0 saturated heterocycles. The Bertz CT molecular complexity index is 1610. The first kappa shape index (κ1) is 19.0. The van der Waals surface area contributed by atoms with Crippen LogP contribution in [0.3, 0.4) is 0 Å². The highest BCUT2D eigenvalue weighted by molar-refractivity contribution is 6.00. The lowest BCUT2D eigenvalue weighted by Crippen LogP contribution is -2.28. The Labute approximate surface area is 195 Å². The van der Waals surface area contributed by atoms with Crippen molar-refractivity contribution in [2.75, 3.05) is 0 Å². The van der Waals surface area contributed by atoms with E-state index in [4.69, 9.17) is 9.40 Å². The van der Waals surface area contributed by atoms with Crippen LogP contribution < -0.4 is 5.32 Å². The van der Waals surface area contributed by atoms with Crippen LogP contribution in [0.1, 0.15) is 38.8 Å². The Hall–Kier alpha value is -4.51. The summed E-state index contributed by atoms with van der Waals surface area (Å²) in [7, 11) is 0. The second-order valence-electron chi connectivity index (χ2n) is 8.58. The van der Waals surface area contributed by atoms with Crippen molar-refractivity contribution in [2.45, 2.75) is 12.5 Å². The van der Waals surface area contributed by atoms with Gasteiger partial charge < -0.3 is 9.73 Å². The van der Waals surface area contributed by atoms with Crippen LogP contribution in [0.2, 0.25) is 0 Å². The predicted molar refractivity (Wildman–Crippen MR) is 131 cm³/mol. The fraction of sp³-hybridized carbons (Fsp3) is 0.0690. The van der Waals surface area contributed by atoms with E-state index in [1.54, 1.807) is 12.3 Å². The van der Waals surface area contributed by atoms with Crippen molar-refractivity contribution in [3.63, 3.8) is 0 Å². The van der Waals surface area contributed by atoms with E-state index in [1.807, 2.05) is 60.7 Å². The normalized spacial score (nSPS) is 15.2. The molecular formula is C29H19N3O2. The SMILES string of the molecule is O=C(NC1c2ccccc2-c2c(-c3nc4ccccc4o3)cccc21)c1ccnc2c1C=CC2. The van der Waals surface area contributed by atoms with Crippen molar-refractivity contribution in [2.24, 2.45) is 0 Å². The van der Waals surface area contributed by atoms with Gasteiger partial charge in [0.2, 0.25) is 5.89 Å². The van der Waals surface area contributed by atoms with Crippen LogP contribution in [-0.2, 0) is 6.42 Å².